The lowest BCUT2D eigenvalue weighted by atomic mass is 9.81. The van der Waals surface area contributed by atoms with E-state index in [2.05, 4.69) is 4.99 Å². The fraction of sp³-hybridized carbons (Fsp3) is 0.412. The smallest absolute Gasteiger partial charge is 0.336 e. The van der Waals surface area contributed by atoms with Crippen LogP contribution in [0.15, 0.2) is 44.8 Å². The zero-order valence-corrected chi connectivity index (χ0v) is 13.8. The fourth-order valence-electron chi connectivity index (χ4n) is 2.81. The van der Waals surface area contributed by atoms with Gasteiger partial charge in [0.15, 0.2) is 0 Å². The van der Waals surface area contributed by atoms with Gasteiger partial charge in [-0.25, -0.2) is 9.79 Å². The van der Waals surface area contributed by atoms with Crippen LogP contribution < -0.4 is 11.5 Å². The third kappa shape index (κ3) is 3.16. The summed E-state index contributed by atoms with van der Waals surface area (Å²) in [5, 5.41) is 0. The van der Waals surface area contributed by atoms with Gasteiger partial charge >= 0.3 is 5.97 Å². The molecule has 1 aliphatic rings. The summed E-state index contributed by atoms with van der Waals surface area (Å²) in [4.78, 5) is 17.0. The van der Waals surface area contributed by atoms with Gasteiger partial charge < -0.3 is 20.6 Å². The first kappa shape index (κ1) is 16.9. The van der Waals surface area contributed by atoms with Crippen molar-refractivity contribution in [3.8, 4) is 0 Å². The van der Waals surface area contributed by atoms with Crippen molar-refractivity contribution in [2.45, 2.75) is 39.5 Å². The van der Waals surface area contributed by atoms with Gasteiger partial charge in [-0.1, -0.05) is 13.3 Å². The normalized spacial score (nSPS) is 19.9. The molecule has 6 heteroatoms. The first-order valence-corrected chi connectivity index (χ1v) is 7.75. The summed E-state index contributed by atoms with van der Waals surface area (Å²) in [6, 6.07) is 1.82. The maximum Gasteiger partial charge on any atom is 0.336 e. The largest absolute Gasteiger partial charge is 0.469 e. The van der Waals surface area contributed by atoms with Crippen LogP contribution in [0, 0.1) is 6.92 Å². The number of aliphatic imine (C=N–C) groups is 1. The number of allylic oxidation sites excluding steroid dienone is 1. The van der Waals surface area contributed by atoms with Crippen LogP contribution in [-0.2, 0) is 9.53 Å². The molecule has 2 rings (SSSR count). The molecule has 0 saturated carbocycles. The van der Waals surface area contributed by atoms with Crippen LogP contribution in [0.2, 0.25) is 0 Å². The van der Waals surface area contributed by atoms with E-state index in [4.69, 9.17) is 20.6 Å². The third-order valence-electron chi connectivity index (χ3n) is 3.83. The predicted octanol–water partition coefficient (Wildman–Crippen LogP) is 2.50. The Morgan fingerprint density at radius 1 is 1.48 bits per heavy atom. The molecular formula is C17H23N3O3. The van der Waals surface area contributed by atoms with Gasteiger partial charge in [-0.2, -0.15) is 0 Å². The molecule has 1 aliphatic heterocycles. The molecule has 0 bridgehead atoms. The van der Waals surface area contributed by atoms with E-state index in [0.717, 1.165) is 12.0 Å². The van der Waals surface area contributed by atoms with E-state index in [9.17, 15) is 4.79 Å². The predicted molar refractivity (Wildman–Crippen MR) is 88.6 cm³/mol. The number of amidine groups is 1. The molecular weight excluding hydrogens is 294 g/mol. The summed E-state index contributed by atoms with van der Waals surface area (Å²) in [6.45, 7) is 5.93. The lowest BCUT2D eigenvalue weighted by molar-refractivity contribution is -0.138. The van der Waals surface area contributed by atoms with Gasteiger partial charge in [-0.15, -0.1) is 0 Å². The van der Waals surface area contributed by atoms with Crippen LogP contribution in [0.25, 0.3) is 0 Å². The standard InChI is InChI=1S/C17H23N3O3/c1-4-6-13-15(17(21)22-5-2)14(11-7-8-23-10(11)3)12(9-18)16(19)20-13/h7-9,14H,4-6,18H2,1-3H3,(H2,19,20)/b12-9-. The maximum atomic E-state index is 12.6. The van der Waals surface area contributed by atoms with Crippen LogP contribution in [0.1, 0.15) is 43.9 Å². The summed E-state index contributed by atoms with van der Waals surface area (Å²) in [7, 11) is 0. The molecule has 124 valence electrons. The minimum Gasteiger partial charge on any atom is -0.469 e. The molecule has 0 amide bonds. The zero-order valence-electron chi connectivity index (χ0n) is 13.8. The number of esters is 1. The quantitative estimate of drug-likeness (QED) is 0.812. The highest BCUT2D eigenvalue weighted by molar-refractivity contribution is 6.05. The zero-order chi connectivity index (χ0) is 17.0. The molecule has 23 heavy (non-hydrogen) atoms. The van der Waals surface area contributed by atoms with Crippen molar-refractivity contribution in [2.24, 2.45) is 16.5 Å². The average Bonchev–Trinajstić information content (AvgIpc) is 2.93. The number of ether oxygens (including phenoxy) is 1. The van der Waals surface area contributed by atoms with Crippen molar-refractivity contribution in [1.29, 1.82) is 0 Å². The van der Waals surface area contributed by atoms with E-state index in [1.165, 1.54) is 6.20 Å². The highest BCUT2D eigenvalue weighted by Crippen LogP contribution is 2.40. The van der Waals surface area contributed by atoms with Gasteiger partial charge in [0.05, 0.1) is 30.1 Å². The van der Waals surface area contributed by atoms with Crippen LogP contribution in [-0.4, -0.2) is 18.4 Å². The van der Waals surface area contributed by atoms with Gasteiger partial charge in [0.25, 0.3) is 0 Å². The first-order valence-electron chi connectivity index (χ1n) is 7.75. The molecule has 1 aromatic heterocycles. The van der Waals surface area contributed by atoms with E-state index in [1.807, 2.05) is 19.9 Å². The Bertz CT molecular complexity index is 683. The first-order chi connectivity index (χ1) is 11.0. The second-order valence-electron chi connectivity index (χ2n) is 5.32. The summed E-state index contributed by atoms with van der Waals surface area (Å²) in [5.74, 6) is 0.227. The molecule has 0 spiro atoms. The third-order valence-corrected chi connectivity index (χ3v) is 3.83. The van der Waals surface area contributed by atoms with Gasteiger partial charge in [0.2, 0.25) is 0 Å². The minimum atomic E-state index is -0.420. The molecule has 1 aromatic rings. The van der Waals surface area contributed by atoms with E-state index in [0.29, 0.717) is 41.5 Å². The summed E-state index contributed by atoms with van der Waals surface area (Å²) in [5.41, 5.74) is 14.4. The number of aryl methyl sites for hydroxylation is 1. The molecule has 0 aromatic carbocycles. The van der Waals surface area contributed by atoms with Crippen molar-refractivity contribution in [3.63, 3.8) is 0 Å². The SMILES string of the molecule is CCCC1=C(C(=O)OCC)C(c2ccoc2C)/C(=C/N)C(N)=N1. The van der Waals surface area contributed by atoms with E-state index in [-0.39, 0.29) is 0 Å². The second kappa shape index (κ2) is 7.17. The van der Waals surface area contributed by atoms with Crippen molar-refractivity contribution < 1.29 is 13.9 Å². The number of carbonyl (C=O) groups excluding carboxylic acids is 1. The molecule has 0 fully saturated rings. The number of hydrogen-bond acceptors (Lipinski definition) is 6. The topological polar surface area (TPSA) is 104 Å². The van der Waals surface area contributed by atoms with Gasteiger partial charge in [0, 0.05) is 17.3 Å². The Balaban J connectivity index is 2.67. The Kier molecular flexibility index (Phi) is 5.26. The van der Waals surface area contributed by atoms with Crippen molar-refractivity contribution >= 4 is 11.8 Å². The number of nitrogens with zero attached hydrogens (tertiary/aromatic N) is 1. The van der Waals surface area contributed by atoms with E-state index < -0.39 is 11.9 Å². The number of rotatable bonds is 5. The number of furan rings is 1. The Morgan fingerprint density at radius 2 is 2.22 bits per heavy atom. The highest BCUT2D eigenvalue weighted by Gasteiger charge is 2.36. The van der Waals surface area contributed by atoms with Crippen molar-refractivity contribution in [2.75, 3.05) is 6.61 Å². The molecule has 0 aliphatic carbocycles. The molecule has 0 radical (unpaired) electrons. The highest BCUT2D eigenvalue weighted by atomic mass is 16.5. The van der Waals surface area contributed by atoms with Crippen LogP contribution in [0.3, 0.4) is 0 Å². The average molecular weight is 317 g/mol. The van der Waals surface area contributed by atoms with E-state index >= 15 is 0 Å². The molecule has 6 nitrogen and oxygen atoms in total. The Labute approximate surface area is 135 Å². The summed E-state index contributed by atoms with van der Waals surface area (Å²) in [6.07, 6.45) is 4.47. The van der Waals surface area contributed by atoms with Crippen molar-refractivity contribution in [1.82, 2.24) is 0 Å². The van der Waals surface area contributed by atoms with Crippen molar-refractivity contribution in [3.05, 3.63) is 46.7 Å². The lowest BCUT2D eigenvalue weighted by Crippen LogP contribution is -2.30. The number of nitrogens with two attached hydrogens (primary N) is 2. The molecule has 4 N–H and O–H groups in total. The minimum absolute atomic E-state index is 0.291. The van der Waals surface area contributed by atoms with Crippen LogP contribution in [0.5, 0.6) is 0 Å². The lowest BCUT2D eigenvalue weighted by Gasteiger charge is -2.27. The van der Waals surface area contributed by atoms with Gasteiger partial charge in [-0.05, 0) is 26.3 Å². The monoisotopic (exact) mass is 317 g/mol. The molecule has 0 saturated heterocycles. The van der Waals surface area contributed by atoms with Gasteiger partial charge in [-0.3, -0.25) is 0 Å². The van der Waals surface area contributed by atoms with E-state index in [1.54, 1.807) is 13.2 Å². The Morgan fingerprint density at radius 3 is 2.74 bits per heavy atom. The molecule has 1 unspecified atom stereocenters. The Hall–Kier alpha value is -2.50. The fourth-order valence-corrected chi connectivity index (χ4v) is 2.81. The summed E-state index contributed by atoms with van der Waals surface area (Å²) < 4.78 is 10.7. The molecule has 2 heterocycles. The number of carbonyl (C=O) groups is 1. The number of hydrogen-bond donors (Lipinski definition) is 2. The summed E-state index contributed by atoms with van der Waals surface area (Å²) >= 11 is 0. The van der Waals surface area contributed by atoms with Crippen LogP contribution >= 0.6 is 0 Å². The van der Waals surface area contributed by atoms with Crippen LogP contribution in [0.4, 0.5) is 0 Å². The maximum absolute atomic E-state index is 12.6. The molecule has 1 atom stereocenters. The van der Waals surface area contributed by atoms with Gasteiger partial charge in [0.1, 0.15) is 11.6 Å². The second-order valence-corrected chi connectivity index (χ2v) is 5.32.